The quantitative estimate of drug-likeness (QED) is 0.398. The number of terminal acetylenes is 1. The third kappa shape index (κ3) is 1.49. The van der Waals surface area contributed by atoms with E-state index in [2.05, 4.69) is 5.92 Å². The Morgan fingerprint density at radius 1 is 1.78 bits per heavy atom. The molecule has 0 saturated carbocycles. The molecule has 1 unspecified atom stereocenters. The summed E-state index contributed by atoms with van der Waals surface area (Å²) in [5.41, 5.74) is 0. The number of carbonyl (C=O) groups excluding carboxylic acids is 1. The molecule has 0 aromatic heterocycles. The Kier molecular flexibility index (Phi) is 2.18. The first-order chi connectivity index (χ1) is 4.34. The van der Waals surface area contributed by atoms with Crippen molar-refractivity contribution in [2.45, 2.75) is 6.42 Å². The molecule has 0 aliphatic carbocycles. The highest BCUT2D eigenvalue weighted by molar-refractivity contribution is 7.99. The molecule has 1 nitrogen and oxygen atoms in total. The van der Waals surface area contributed by atoms with Gasteiger partial charge in [-0.3, -0.25) is 4.79 Å². The minimum atomic E-state index is -0.0139. The monoisotopic (exact) mass is 140 g/mol. The van der Waals surface area contributed by atoms with Crippen LogP contribution >= 0.6 is 11.8 Å². The summed E-state index contributed by atoms with van der Waals surface area (Å²) in [6, 6.07) is 0. The Balaban J connectivity index is 2.44. The van der Waals surface area contributed by atoms with Gasteiger partial charge in [-0.15, -0.1) is 6.42 Å². The lowest BCUT2D eigenvalue weighted by molar-refractivity contribution is -0.116. The Bertz CT molecular complexity index is 151. The molecule has 0 bridgehead atoms. The van der Waals surface area contributed by atoms with E-state index < -0.39 is 0 Å². The average Bonchev–Trinajstić information content (AvgIpc) is 2.37. The molecule has 0 N–H and O–H groups in total. The smallest absolute Gasteiger partial charge is 0.209 e. The van der Waals surface area contributed by atoms with Crippen molar-refractivity contribution in [3.05, 3.63) is 0 Å². The number of hydrogen-bond donors (Lipinski definition) is 0. The predicted molar refractivity (Wildman–Crippen MR) is 39.3 cm³/mol. The maximum Gasteiger partial charge on any atom is 0.209 e. The first kappa shape index (κ1) is 6.70. The molecule has 0 aromatic carbocycles. The SMILES string of the molecule is C#CC(=O)C1CCSC1. The van der Waals surface area contributed by atoms with Crippen LogP contribution in [0, 0.1) is 18.3 Å². The van der Waals surface area contributed by atoms with Gasteiger partial charge in [-0.25, -0.2) is 0 Å². The van der Waals surface area contributed by atoms with Gasteiger partial charge in [0, 0.05) is 11.7 Å². The largest absolute Gasteiger partial charge is 0.285 e. The second-order valence-electron chi connectivity index (χ2n) is 2.07. The summed E-state index contributed by atoms with van der Waals surface area (Å²) < 4.78 is 0. The van der Waals surface area contributed by atoms with Crippen LogP contribution in [0.3, 0.4) is 0 Å². The third-order valence-electron chi connectivity index (χ3n) is 1.44. The number of carbonyl (C=O) groups is 1. The van der Waals surface area contributed by atoms with Crippen molar-refractivity contribution in [2.24, 2.45) is 5.92 Å². The standard InChI is InChI=1S/C7H8OS/c1-2-7(8)6-3-4-9-5-6/h1,6H,3-5H2. The van der Waals surface area contributed by atoms with Crippen LogP contribution in [0.2, 0.25) is 0 Å². The van der Waals surface area contributed by atoms with Crippen LogP contribution in [0.25, 0.3) is 0 Å². The average molecular weight is 140 g/mol. The van der Waals surface area contributed by atoms with Crippen molar-refractivity contribution >= 4 is 17.5 Å². The molecule has 1 saturated heterocycles. The van der Waals surface area contributed by atoms with Crippen LogP contribution in [0.5, 0.6) is 0 Å². The van der Waals surface area contributed by atoms with E-state index in [1.54, 1.807) is 0 Å². The Morgan fingerprint density at radius 2 is 2.56 bits per heavy atom. The molecule has 0 amide bonds. The van der Waals surface area contributed by atoms with Crippen LogP contribution < -0.4 is 0 Å². The minimum Gasteiger partial charge on any atom is -0.285 e. The molecule has 1 aliphatic rings. The minimum absolute atomic E-state index is 0.0139. The van der Waals surface area contributed by atoms with Gasteiger partial charge in [0.15, 0.2) is 0 Å². The second-order valence-corrected chi connectivity index (χ2v) is 3.22. The number of thioether (sulfide) groups is 1. The van der Waals surface area contributed by atoms with E-state index in [-0.39, 0.29) is 11.7 Å². The molecular formula is C7H8OS. The Labute approximate surface area is 59.2 Å². The van der Waals surface area contributed by atoms with Gasteiger partial charge < -0.3 is 0 Å². The molecular weight excluding hydrogens is 132 g/mol. The number of rotatable bonds is 1. The zero-order chi connectivity index (χ0) is 6.69. The van der Waals surface area contributed by atoms with Crippen molar-refractivity contribution in [3.63, 3.8) is 0 Å². The van der Waals surface area contributed by atoms with Crippen molar-refractivity contribution < 1.29 is 4.79 Å². The summed E-state index contributed by atoms with van der Waals surface area (Å²) in [5.74, 6) is 4.34. The van der Waals surface area contributed by atoms with Crippen LogP contribution in [0.4, 0.5) is 0 Å². The molecule has 1 aliphatic heterocycles. The summed E-state index contributed by atoms with van der Waals surface area (Å²) in [6.45, 7) is 0. The molecule has 1 heterocycles. The molecule has 48 valence electrons. The highest BCUT2D eigenvalue weighted by atomic mass is 32.2. The van der Waals surface area contributed by atoms with Gasteiger partial charge in [0.25, 0.3) is 0 Å². The molecule has 0 aromatic rings. The maximum absolute atomic E-state index is 10.8. The van der Waals surface area contributed by atoms with Crippen molar-refractivity contribution in [1.29, 1.82) is 0 Å². The lowest BCUT2D eigenvalue weighted by atomic mass is 10.1. The summed E-state index contributed by atoms with van der Waals surface area (Å²) >= 11 is 1.81. The van der Waals surface area contributed by atoms with Crippen LogP contribution in [-0.4, -0.2) is 17.3 Å². The molecule has 0 radical (unpaired) electrons. The van der Waals surface area contributed by atoms with Crippen LogP contribution in [-0.2, 0) is 4.79 Å². The summed E-state index contributed by atoms with van der Waals surface area (Å²) in [5, 5.41) is 0. The van der Waals surface area contributed by atoms with Gasteiger partial charge in [0.1, 0.15) is 0 Å². The van der Waals surface area contributed by atoms with E-state index in [0.29, 0.717) is 0 Å². The highest BCUT2D eigenvalue weighted by Gasteiger charge is 2.20. The second kappa shape index (κ2) is 2.93. The Morgan fingerprint density at radius 3 is 3.00 bits per heavy atom. The fourth-order valence-electron chi connectivity index (χ4n) is 0.859. The first-order valence-corrected chi connectivity index (χ1v) is 4.08. The molecule has 1 fully saturated rings. The van der Waals surface area contributed by atoms with Crippen molar-refractivity contribution in [2.75, 3.05) is 11.5 Å². The van der Waals surface area contributed by atoms with Gasteiger partial charge in [0.2, 0.25) is 5.78 Å². The van der Waals surface area contributed by atoms with Crippen molar-refractivity contribution in [3.8, 4) is 12.3 Å². The van der Waals surface area contributed by atoms with Gasteiger partial charge >= 0.3 is 0 Å². The molecule has 0 spiro atoms. The summed E-state index contributed by atoms with van der Waals surface area (Å²) in [4.78, 5) is 10.8. The fourth-order valence-corrected chi connectivity index (χ4v) is 2.08. The summed E-state index contributed by atoms with van der Waals surface area (Å²) in [6.07, 6.45) is 5.92. The zero-order valence-electron chi connectivity index (χ0n) is 5.09. The lowest BCUT2D eigenvalue weighted by Gasteiger charge is -1.97. The van der Waals surface area contributed by atoms with E-state index in [9.17, 15) is 4.79 Å². The Hall–Kier alpha value is -0.420. The van der Waals surface area contributed by atoms with E-state index in [1.165, 1.54) is 0 Å². The van der Waals surface area contributed by atoms with Crippen LogP contribution in [0.1, 0.15) is 6.42 Å². The first-order valence-electron chi connectivity index (χ1n) is 2.93. The van der Waals surface area contributed by atoms with Crippen molar-refractivity contribution in [1.82, 2.24) is 0 Å². The number of hydrogen-bond acceptors (Lipinski definition) is 2. The highest BCUT2D eigenvalue weighted by Crippen LogP contribution is 2.23. The zero-order valence-corrected chi connectivity index (χ0v) is 5.91. The fraction of sp³-hybridized carbons (Fsp3) is 0.571. The molecule has 9 heavy (non-hydrogen) atoms. The van der Waals surface area contributed by atoms with Crippen LogP contribution in [0.15, 0.2) is 0 Å². The number of ketones is 1. The van der Waals surface area contributed by atoms with E-state index in [0.717, 1.165) is 17.9 Å². The van der Waals surface area contributed by atoms with Gasteiger partial charge in [0.05, 0.1) is 0 Å². The lowest BCUT2D eigenvalue weighted by Crippen LogP contribution is -2.10. The third-order valence-corrected chi connectivity index (χ3v) is 2.61. The van der Waals surface area contributed by atoms with Gasteiger partial charge in [-0.05, 0) is 18.1 Å². The molecule has 2 heteroatoms. The number of Topliss-reactive ketones (excluding diaryl/α,β-unsaturated/α-hetero) is 1. The van der Waals surface area contributed by atoms with Gasteiger partial charge in [-0.2, -0.15) is 11.8 Å². The normalized spacial score (nSPS) is 25.4. The predicted octanol–water partition coefficient (Wildman–Crippen LogP) is 0.942. The molecule has 1 rings (SSSR count). The maximum atomic E-state index is 10.8. The van der Waals surface area contributed by atoms with Gasteiger partial charge in [-0.1, -0.05) is 0 Å². The summed E-state index contributed by atoms with van der Waals surface area (Å²) in [7, 11) is 0. The molecule has 1 atom stereocenters. The topological polar surface area (TPSA) is 17.1 Å². The van der Waals surface area contributed by atoms with E-state index in [4.69, 9.17) is 6.42 Å². The van der Waals surface area contributed by atoms with E-state index >= 15 is 0 Å². The van der Waals surface area contributed by atoms with E-state index in [1.807, 2.05) is 11.8 Å².